The molecule has 0 aromatic heterocycles. The van der Waals surface area contributed by atoms with Crippen LogP contribution in [0.2, 0.25) is 0 Å². The lowest BCUT2D eigenvalue weighted by Crippen LogP contribution is -2.54. The summed E-state index contributed by atoms with van der Waals surface area (Å²) in [6.45, 7) is 13.7. The van der Waals surface area contributed by atoms with Gasteiger partial charge in [0, 0.05) is 50.1 Å². The lowest BCUT2D eigenvalue weighted by molar-refractivity contribution is 0.0219. The SMILES string of the molecule is Cc1cc(N2CCN(C(=O)OC(C)(C)C)C[C@@H]2C)ccc1N1CC[C@@H](O)C1. The topological polar surface area (TPSA) is 56.2 Å². The first-order valence-corrected chi connectivity index (χ1v) is 9.92. The van der Waals surface area contributed by atoms with Gasteiger partial charge in [-0.2, -0.15) is 0 Å². The summed E-state index contributed by atoms with van der Waals surface area (Å²) in [5, 5.41) is 9.79. The van der Waals surface area contributed by atoms with E-state index in [-0.39, 0.29) is 18.2 Å². The number of rotatable bonds is 2. The van der Waals surface area contributed by atoms with Crippen molar-refractivity contribution in [3.63, 3.8) is 0 Å². The van der Waals surface area contributed by atoms with Crippen LogP contribution in [0.4, 0.5) is 16.2 Å². The van der Waals surface area contributed by atoms with E-state index in [9.17, 15) is 9.90 Å². The predicted molar refractivity (Wildman–Crippen MR) is 109 cm³/mol. The zero-order valence-corrected chi connectivity index (χ0v) is 17.2. The zero-order chi connectivity index (χ0) is 19.8. The number of β-amino-alcohol motifs (C(OH)–C–C–N with tert-alkyl or cyclic N) is 1. The molecular weight excluding hydrogens is 342 g/mol. The number of piperazine rings is 1. The van der Waals surface area contributed by atoms with Crippen LogP contribution < -0.4 is 9.80 Å². The lowest BCUT2D eigenvalue weighted by Gasteiger charge is -2.41. The number of anilines is 2. The van der Waals surface area contributed by atoms with E-state index in [1.807, 2.05) is 20.8 Å². The van der Waals surface area contributed by atoms with Crippen molar-refractivity contribution in [3.8, 4) is 0 Å². The van der Waals surface area contributed by atoms with Crippen molar-refractivity contribution < 1.29 is 14.6 Å². The molecule has 2 atom stereocenters. The van der Waals surface area contributed by atoms with E-state index < -0.39 is 5.60 Å². The number of aryl methyl sites for hydroxylation is 1. The monoisotopic (exact) mass is 375 g/mol. The van der Waals surface area contributed by atoms with Crippen LogP contribution in [0.15, 0.2) is 18.2 Å². The Kier molecular flexibility index (Phi) is 5.56. The number of nitrogens with zero attached hydrogens (tertiary/aromatic N) is 3. The molecule has 2 heterocycles. The van der Waals surface area contributed by atoms with Crippen LogP contribution in [0, 0.1) is 6.92 Å². The molecule has 1 aromatic carbocycles. The van der Waals surface area contributed by atoms with Gasteiger partial charge in [0.05, 0.1) is 6.10 Å². The maximum absolute atomic E-state index is 12.3. The molecule has 0 bridgehead atoms. The average molecular weight is 376 g/mol. The zero-order valence-electron chi connectivity index (χ0n) is 17.2. The summed E-state index contributed by atoms with van der Waals surface area (Å²) in [5.41, 5.74) is 3.15. The number of aliphatic hydroxyl groups is 1. The summed E-state index contributed by atoms with van der Waals surface area (Å²) in [6.07, 6.45) is 0.392. The van der Waals surface area contributed by atoms with Crippen LogP contribution >= 0.6 is 0 Å². The van der Waals surface area contributed by atoms with Crippen molar-refractivity contribution in [1.29, 1.82) is 0 Å². The third kappa shape index (κ3) is 4.67. The highest BCUT2D eigenvalue weighted by Gasteiger charge is 2.30. The van der Waals surface area contributed by atoms with E-state index in [0.717, 1.165) is 19.5 Å². The fourth-order valence-electron chi connectivity index (χ4n) is 3.97. The second kappa shape index (κ2) is 7.58. The summed E-state index contributed by atoms with van der Waals surface area (Å²) >= 11 is 0. The highest BCUT2D eigenvalue weighted by molar-refractivity contribution is 5.69. The molecule has 150 valence electrons. The summed E-state index contributed by atoms with van der Waals surface area (Å²) < 4.78 is 5.51. The molecule has 6 heteroatoms. The number of aliphatic hydroxyl groups excluding tert-OH is 1. The van der Waals surface area contributed by atoms with Crippen molar-refractivity contribution in [1.82, 2.24) is 4.90 Å². The van der Waals surface area contributed by atoms with Gasteiger partial charge >= 0.3 is 6.09 Å². The van der Waals surface area contributed by atoms with Gasteiger partial charge in [-0.05, 0) is 64.8 Å². The molecule has 0 unspecified atom stereocenters. The molecule has 1 aromatic rings. The van der Waals surface area contributed by atoms with Gasteiger partial charge in [0.1, 0.15) is 5.60 Å². The molecular formula is C21H33N3O3. The second-order valence-electron chi connectivity index (χ2n) is 8.83. The molecule has 0 spiro atoms. The third-order valence-corrected chi connectivity index (χ3v) is 5.30. The standard InChI is InChI=1S/C21H33N3O3/c1-15-12-17(6-7-19(15)22-9-8-18(25)14-22)24-11-10-23(13-16(24)2)20(26)27-21(3,4)5/h6-7,12,16,18,25H,8-11,13-14H2,1-5H3/t16-,18+/m0/s1. The van der Waals surface area contributed by atoms with Gasteiger partial charge in [0.2, 0.25) is 0 Å². The Balaban J connectivity index is 1.66. The van der Waals surface area contributed by atoms with Crippen molar-refractivity contribution in [3.05, 3.63) is 23.8 Å². The fraction of sp³-hybridized carbons (Fsp3) is 0.667. The molecule has 2 aliphatic rings. The molecule has 1 N–H and O–H groups in total. The van der Waals surface area contributed by atoms with Crippen LogP contribution in [-0.4, -0.2) is 66.6 Å². The molecule has 27 heavy (non-hydrogen) atoms. The second-order valence-corrected chi connectivity index (χ2v) is 8.83. The smallest absolute Gasteiger partial charge is 0.410 e. The number of hydrogen-bond donors (Lipinski definition) is 1. The van der Waals surface area contributed by atoms with Crippen molar-refractivity contribution in [2.75, 3.05) is 42.5 Å². The highest BCUT2D eigenvalue weighted by atomic mass is 16.6. The molecule has 1 amide bonds. The quantitative estimate of drug-likeness (QED) is 0.861. The van der Waals surface area contributed by atoms with E-state index in [0.29, 0.717) is 19.6 Å². The summed E-state index contributed by atoms with van der Waals surface area (Å²) in [4.78, 5) is 18.8. The van der Waals surface area contributed by atoms with Gasteiger partial charge in [0.25, 0.3) is 0 Å². The minimum absolute atomic E-state index is 0.218. The Morgan fingerprint density at radius 2 is 1.93 bits per heavy atom. The van der Waals surface area contributed by atoms with Crippen LogP contribution in [0.25, 0.3) is 0 Å². The van der Waals surface area contributed by atoms with E-state index in [2.05, 4.69) is 41.8 Å². The Labute approximate surface area is 162 Å². The number of carbonyl (C=O) groups excluding carboxylic acids is 1. The van der Waals surface area contributed by atoms with E-state index in [1.54, 1.807) is 4.90 Å². The van der Waals surface area contributed by atoms with Crippen molar-refractivity contribution in [2.45, 2.75) is 58.8 Å². The van der Waals surface area contributed by atoms with Crippen LogP contribution in [0.1, 0.15) is 39.7 Å². The number of carbonyl (C=O) groups is 1. The number of amides is 1. The molecule has 0 aliphatic carbocycles. The minimum atomic E-state index is -0.465. The number of hydrogen-bond acceptors (Lipinski definition) is 5. The van der Waals surface area contributed by atoms with E-state index in [1.165, 1.54) is 16.9 Å². The Morgan fingerprint density at radius 3 is 2.48 bits per heavy atom. The van der Waals surface area contributed by atoms with Crippen LogP contribution in [0.5, 0.6) is 0 Å². The van der Waals surface area contributed by atoms with Gasteiger partial charge in [-0.15, -0.1) is 0 Å². The van der Waals surface area contributed by atoms with Gasteiger partial charge in [-0.1, -0.05) is 0 Å². The maximum atomic E-state index is 12.3. The van der Waals surface area contributed by atoms with Crippen molar-refractivity contribution in [2.24, 2.45) is 0 Å². The van der Waals surface area contributed by atoms with Crippen LogP contribution in [-0.2, 0) is 4.74 Å². The van der Waals surface area contributed by atoms with Gasteiger partial charge in [-0.25, -0.2) is 4.79 Å². The van der Waals surface area contributed by atoms with Gasteiger partial charge < -0.3 is 24.5 Å². The third-order valence-electron chi connectivity index (χ3n) is 5.30. The first-order chi connectivity index (χ1) is 12.6. The van der Waals surface area contributed by atoms with Gasteiger partial charge in [0.15, 0.2) is 0 Å². The normalized spacial score (nSPS) is 23.7. The maximum Gasteiger partial charge on any atom is 0.410 e. The van der Waals surface area contributed by atoms with E-state index >= 15 is 0 Å². The first-order valence-electron chi connectivity index (χ1n) is 9.92. The average Bonchev–Trinajstić information content (AvgIpc) is 2.99. The number of ether oxygens (including phenoxy) is 1. The van der Waals surface area contributed by atoms with E-state index in [4.69, 9.17) is 4.74 Å². The summed E-state index contributed by atoms with van der Waals surface area (Å²) in [7, 11) is 0. The Hall–Kier alpha value is -1.95. The molecule has 2 saturated heterocycles. The molecule has 6 nitrogen and oxygen atoms in total. The molecule has 2 fully saturated rings. The number of benzene rings is 1. The van der Waals surface area contributed by atoms with Crippen molar-refractivity contribution >= 4 is 17.5 Å². The molecule has 0 saturated carbocycles. The molecule has 2 aliphatic heterocycles. The first kappa shape index (κ1) is 19.8. The highest BCUT2D eigenvalue weighted by Crippen LogP contribution is 2.30. The predicted octanol–water partition coefficient (Wildman–Crippen LogP) is 3.01. The van der Waals surface area contributed by atoms with Crippen LogP contribution in [0.3, 0.4) is 0 Å². The van der Waals surface area contributed by atoms with Gasteiger partial charge in [-0.3, -0.25) is 0 Å². The Bertz CT molecular complexity index is 686. The molecule has 0 radical (unpaired) electrons. The lowest BCUT2D eigenvalue weighted by atomic mass is 10.1. The summed E-state index contributed by atoms with van der Waals surface area (Å²) in [6, 6.07) is 6.77. The minimum Gasteiger partial charge on any atom is -0.444 e. The Morgan fingerprint density at radius 1 is 1.19 bits per heavy atom. The molecule has 3 rings (SSSR count). The summed E-state index contributed by atoms with van der Waals surface area (Å²) in [5.74, 6) is 0. The largest absolute Gasteiger partial charge is 0.444 e. The fourth-order valence-corrected chi connectivity index (χ4v) is 3.97.